The van der Waals surface area contributed by atoms with Crippen molar-refractivity contribution < 1.29 is 0 Å². The van der Waals surface area contributed by atoms with Gasteiger partial charge in [0.15, 0.2) is 0 Å². The van der Waals surface area contributed by atoms with Crippen molar-refractivity contribution in [2.45, 2.75) is 20.3 Å². The Kier molecular flexibility index (Phi) is 4.49. The molecule has 0 aliphatic heterocycles. The summed E-state index contributed by atoms with van der Waals surface area (Å²) in [5.41, 5.74) is 2.05. The van der Waals surface area contributed by atoms with E-state index in [0.717, 1.165) is 11.4 Å². The third kappa shape index (κ3) is 2.96. The van der Waals surface area contributed by atoms with Gasteiger partial charge in [0.1, 0.15) is 5.82 Å². The number of fused-ring (bicyclic) bond motifs is 1. The molecule has 0 radical (unpaired) electrons. The van der Waals surface area contributed by atoms with Crippen LogP contribution in [0.3, 0.4) is 0 Å². The standard InChI is InChI=1S/C21H19N5O2/c1-3-18-17(21(28)26(24-18)15-9-5-4-6-10-15)13-22-25-14(2)23-19-12-8-7-11-16(19)20(25)27/h4-13,24H,3H2,1-2H3/b22-13+. The molecule has 0 bridgehead atoms. The van der Waals surface area contributed by atoms with Crippen LogP contribution in [0.5, 0.6) is 0 Å². The first-order valence-electron chi connectivity index (χ1n) is 9.02. The molecule has 4 rings (SSSR count). The average Bonchev–Trinajstić information content (AvgIpc) is 3.04. The normalized spacial score (nSPS) is 11.5. The smallest absolute Gasteiger partial charge is 0.282 e. The summed E-state index contributed by atoms with van der Waals surface area (Å²) >= 11 is 0. The van der Waals surface area contributed by atoms with Crippen molar-refractivity contribution in [2.75, 3.05) is 0 Å². The molecule has 4 aromatic rings. The summed E-state index contributed by atoms with van der Waals surface area (Å²) in [6.45, 7) is 3.66. The van der Waals surface area contributed by atoms with Gasteiger partial charge in [-0.05, 0) is 37.6 Å². The first-order valence-corrected chi connectivity index (χ1v) is 9.02. The molecule has 0 amide bonds. The quantitative estimate of drug-likeness (QED) is 0.558. The monoisotopic (exact) mass is 373 g/mol. The van der Waals surface area contributed by atoms with Gasteiger partial charge < -0.3 is 0 Å². The first-order chi connectivity index (χ1) is 13.6. The van der Waals surface area contributed by atoms with E-state index in [1.165, 1.54) is 15.6 Å². The van der Waals surface area contributed by atoms with Crippen LogP contribution in [-0.4, -0.2) is 25.7 Å². The zero-order valence-corrected chi connectivity index (χ0v) is 15.6. The lowest BCUT2D eigenvalue weighted by molar-refractivity contribution is 0.770. The van der Waals surface area contributed by atoms with E-state index in [-0.39, 0.29) is 11.1 Å². The first kappa shape index (κ1) is 17.7. The van der Waals surface area contributed by atoms with E-state index in [0.29, 0.717) is 28.7 Å². The number of hydrogen-bond acceptors (Lipinski definition) is 4. The van der Waals surface area contributed by atoms with Crippen LogP contribution in [-0.2, 0) is 6.42 Å². The van der Waals surface area contributed by atoms with Gasteiger partial charge in [0, 0.05) is 5.69 Å². The highest BCUT2D eigenvalue weighted by Crippen LogP contribution is 2.09. The molecule has 7 nitrogen and oxygen atoms in total. The summed E-state index contributed by atoms with van der Waals surface area (Å²) in [4.78, 5) is 30.1. The maximum absolute atomic E-state index is 12.9. The molecule has 140 valence electrons. The van der Waals surface area contributed by atoms with Crippen LogP contribution in [0.1, 0.15) is 24.0 Å². The van der Waals surface area contributed by atoms with Crippen molar-refractivity contribution in [1.29, 1.82) is 0 Å². The van der Waals surface area contributed by atoms with E-state index in [1.54, 1.807) is 25.1 Å². The molecule has 0 saturated carbocycles. The highest BCUT2D eigenvalue weighted by atomic mass is 16.1. The number of nitrogens with zero attached hydrogens (tertiary/aromatic N) is 4. The molecule has 0 saturated heterocycles. The topological polar surface area (TPSA) is 85.0 Å². The molecule has 1 N–H and O–H groups in total. The van der Waals surface area contributed by atoms with Crippen LogP contribution in [0.15, 0.2) is 69.3 Å². The highest BCUT2D eigenvalue weighted by Gasteiger charge is 2.13. The Hall–Kier alpha value is -3.74. The van der Waals surface area contributed by atoms with Crippen molar-refractivity contribution in [3.05, 3.63) is 92.4 Å². The maximum Gasteiger partial charge on any atom is 0.282 e. The van der Waals surface area contributed by atoms with Crippen LogP contribution < -0.4 is 11.1 Å². The van der Waals surface area contributed by atoms with Crippen molar-refractivity contribution in [3.63, 3.8) is 0 Å². The van der Waals surface area contributed by atoms with Crippen molar-refractivity contribution in [2.24, 2.45) is 5.10 Å². The predicted molar refractivity (Wildman–Crippen MR) is 109 cm³/mol. The van der Waals surface area contributed by atoms with Crippen molar-refractivity contribution in [1.82, 2.24) is 19.4 Å². The van der Waals surface area contributed by atoms with Gasteiger partial charge in [-0.25, -0.2) is 9.67 Å². The molecule has 0 spiro atoms. The summed E-state index contributed by atoms with van der Waals surface area (Å²) in [5, 5.41) is 7.89. The Morgan fingerprint density at radius 2 is 1.75 bits per heavy atom. The molecule has 2 aromatic heterocycles. The van der Waals surface area contributed by atoms with Gasteiger partial charge >= 0.3 is 0 Å². The van der Waals surface area contributed by atoms with E-state index in [4.69, 9.17) is 0 Å². The molecule has 0 fully saturated rings. The van der Waals surface area contributed by atoms with E-state index < -0.39 is 0 Å². The Labute approximate surface area is 160 Å². The van der Waals surface area contributed by atoms with Gasteiger partial charge in [0.05, 0.1) is 28.4 Å². The fourth-order valence-corrected chi connectivity index (χ4v) is 3.14. The largest absolute Gasteiger partial charge is 0.294 e. The van der Waals surface area contributed by atoms with Crippen molar-refractivity contribution >= 4 is 17.1 Å². The van der Waals surface area contributed by atoms with Crippen LogP contribution in [0.25, 0.3) is 16.6 Å². The zero-order chi connectivity index (χ0) is 19.7. The molecule has 7 heteroatoms. The Morgan fingerprint density at radius 1 is 1.04 bits per heavy atom. The third-order valence-electron chi connectivity index (χ3n) is 4.59. The molecular formula is C21H19N5O2. The predicted octanol–water partition coefficient (Wildman–Crippen LogP) is 2.63. The number of benzene rings is 2. The third-order valence-corrected chi connectivity index (χ3v) is 4.59. The second-order valence-electron chi connectivity index (χ2n) is 6.37. The molecule has 28 heavy (non-hydrogen) atoms. The van der Waals surface area contributed by atoms with Gasteiger partial charge in [-0.15, -0.1) is 0 Å². The number of aromatic amines is 1. The number of para-hydroxylation sites is 2. The van der Waals surface area contributed by atoms with E-state index in [2.05, 4.69) is 15.2 Å². The second-order valence-corrected chi connectivity index (χ2v) is 6.37. The van der Waals surface area contributed by atoms with Crippen molar-refractivity contribution in [3.8, 4) is 5.69 Å². The average molecular weight is 373 g/mol. The Morgan fingerprint density at radius 3 is 2.50 bits per heavy atom. The van der Waals surface area contributed by atoms with Gasteiger partial charge in [-0.2, -0.15) is 9.78 Å². The van der Waals surface area contributed by atoms with E-state index in [1.807, 2.05) is 43.3 Å². The fraction of sp³-hybridized carbons (Fsp3) is 0.143. The Balaban J connectivity index is 1.83. The molecule has 2 heterocycles. The summed E-state index contributed by atoms with van der Waals surface area (Å²) in [7, 11) is 0. The number of hydrogen-bond donors (Lipinski definition) is 1. The lowest BCUT2D eigenvalue weighted by Gasteiger charge is -2.04. The second kappa shape index (κ2) is 7.11. The number of H-pyrrole nitrogens is 1. The minimum Gasteiger partial charge on any atom is -0.294 e. The van der Waals surface area contributed by atoms with Gasteiger partial charge in [0.2, 0.25) is 0 Å². The summed E-state index contributed by atoms with van der Waals surface area (Å²) in [6.07, 6.45) is 2.06. The van der Waals surface area contributed by atoms with Crippen LogP contribution in [0.2, 0.25) is 0 Å². The van der Waals surface area contributed by atoms with Crippen LogP contribution in [0, 0.1) is 6.92 Å². The molecular weight excluding hydrogens is 354 g/mol. The SMILES string of the molecule is CCc1[nH]n(-c2ccccc2)c(=O)c1/C=N/n1c(C)nc2ccccc2c1=O. The number of aromatic nitrogens is 4. The molecule has 0 aliphatic rings. The number of nitrogens with one attached hydrogen (secondary N) is 1. The molecule has 0 unspecified atom stereocenters. The number of aryl methyl sites for hydroxylation is 2. The van der Waals surface area contributed by atoms with Gasteiger partial charge in [0.25, 0.3) is 11.1 Å². The van der Waals surface area contributed by atoms with Crippen LogP contribution in [0.4, 0.5) is 0 Å². The summed E-state index contributed by atoms with van der Waals surface area (Å²) in [5.74, 6) is 0.455. The van der Waals surface area contributed by atoms with Crippen LogP contribution >= 0.6 is 0 Å². The summed E-state index contributed by atoms with van der Waals surface area (Å²) in [6, 6.07) is 16.4. The maximum atomic E-state index is 12.9. The zero-order valence-electron chi connectivity index (χ0n) is 15.6. The van der Waals surface area contributed by atoms with Gasteiger partial charge in [-0.1, -0.05) is 37.3 Å². The van der Waals surface area contributed by atoms with Gasteiger partial charge in [-0.3, -0.25) is 14.7 Å². The summed E-state index contributed by atoms with van der Waals surface area (Å²) < 4.78 is 2.70. The van der Waals surface area contributed by atoms with E-state index in [9.17, 15) is 9.59 Å². The number of rotatable bonds is 4. The highest BCUT2D eigenvalue weighted by molar-refractivity contribution is 5.81. The molecule has 0 aliphatic carbocycles. The minimum atomic E-state index is -0.267. The minimum absolute atomic E-state index is 0.216. The molecule has 0 atom stereocenters. The van der Waals surface area contributed by atoms with E-state index >= 15 is 0 Å². The Bertz CT molecular complexity index is 1300. The lowest BCUT2D eigenvalue weighted by Crippen LogP contribution is -2.21. The molecule has 2 aromatic carbocycles. The fourth-order valence-electron chi connectivity index (χ4n) is 3.14. The lowest BCUT2D eigenvalue weighted by atomic mass is 10.2.